The second kappa shape index (κ2) is 6.66. The molecule has 2 aromatic rings. The molecule has 116 valence electrons. The van der Waals surface area contributed by atoms with Gasteiger partial charge in [-0.1, -0.05) is 67.0 Å². The van der Waals surface area contributed by atoms with E-state index in [0.29, 0.717) is 6.42 Å². The van der Waals surface area contributed by atoms with Crippen LogP contribution in [0.1, 0.15) is 38.3 Å². The first-order valence-electron chi connectivity index (χ1n) is 7.49. The van der Waals surface area contributed by atoms with Gasteiger partial charge in [0, 0.05) is 10.9 Å². The molecule has 22 heavy (non-hydrogen) atoms. The predicted octanol–water partition coefficient (Wildman–Crippen LogP) is 5.28. The maximum absolute atomic E-state index is 7.36. The van der Waals surface area contributed by atoms with Crippen molar-refractivity contribution in [3.63, 3.8) is 0 Å². The van der Waals surface area contributed by atoms with Crippen LogP contribution in [0.5, 0.6) is 0 Å². The van der Waals surface area contributed by atoms with Crippen LogP contribution < -0.4 is 5.73 Å². The molecule has 0 spiro atoms. The fourth-order valence-electron chi connectivity index (χ4n) is 2.40. The highest BCUT2D eigenvalue weighted by molar-refractivity contribution is 9.10. The van der Waals surface area contributed by atoms with E-state index >= 15 is 0 Å². The molecule has 0 bridgehead atoms. The number of hydrogen-bond acceptors (Lipinski definition) is 1. The Kier molecular flexibility index (Phi) is 5.07. The maximum Gasteiger partial charge on any atom is 0.0908 e. The molecule has 0 aliphatic heterocycles. The van der Waals surface area contributed by atoms with Crippen LogP contribution in [-0.2, 0) is 11.8 Å². The number of nitrogens with one attached hydrogen (secondary N) is 1. The number of benzene rings is 2. The van der Waals surface area contributed by atoms with Crippen LogP contribution in [0.3, 0.4) is 0 Å². The van der Waals surface area contributed by atoms with Crippen LogP contribution in [0.4, 0.5) is 0 Å². The summed E-state index contributed by atoms with van der Waals surface area (Å²) in [5, 5.41) is 7.36. The first-order chi connectivity index (χ1) is 10.3. The zero-order valence-corrected chi connectivity index (χ0v) is 15.0. The topological polar surface area (TPSA) is 49.9 Å². The van der Waals surface area contributed by atoms with Gasteiger partial charge in [-0.25, -0.2) is 0 Å². The van der Waals surface area contributed by atoms with E-state index in [1.165, 1.54) is 22.3 Å². The molecule has 2 nitrogen and oxygen atoms in total. The third kappa shape index (κ3) is 4.44. The lowest BCUT2D eigenvalue weighted by Crippen LogP contribution is -2.10. The van der Waals surface area contributed by atoms with Crippen molar-refractivity contribution in [1.29, 1.82) is 5.41 Å². The molecular formula is C19H23BrN2. The van der Waals surface area contributed by atoms with E-state index in [4.69, 9.17) is 11.1 Å². The summed E-state index contributed by atoms with van der Waals surface area (Å²) in [6.07, 6.45) is 1.39. The zero-order valence-electron chi connectivity index (χ0n) is 13.4. The molecule has 0 aliphatic rings. The second-order valence-corrected chi connectivity index (χ2v) is 7.62. The maximum atomic E-state index is 7.36. The van der Waals surface area contributed by atoms with E-state index in [-0.39, 0.29) is 11.3 Å². The Labute approximate surface area is 141 Å². The Morgan fingerprint density at radius 1 is 1.05 bits per heavy atom. The van der Waals surface area contributed by atoms with Gasteiger partial charge in [-0.3, -0.25) is 5.41 Å². The Bertz CT molecular complexity index is 667. The Hall–Kier alpha value is -1.61. The van der Waals surface area contributed by atoms with E-state index < -0.39 is 0 Å². The largest absolute Gasteiger partial charge is 0.388 e. The quantitative estimate of drug-likeness (QED) is 0.566. The van der Waals surface area contributed by atoms with Gasteiger partial charge in [0.2, 0.25) is 0 Å². The van der Waals surface area contributed by atoms with Crippen molar-refractivity contribution in [3.05, 3.63) is 58.1 Å². The van der Waals surface area contributed by atoms with Gasteiger partial charge in [-0.2, -0.15) is 0 Å². The van der Waals surface area contributed by atoms with E-state index in [2.05, 4.69) is 79.2 Å². The number of halogens is 1. The van der Waals surface area contributed by atoms with Gasteiger partial charge in [-0.05, 0) is 46.2 Å². The summed E-state index contributed by atoms with van der Waals surface area (Å²) >= 11 is 3.58. The van der Waals surface area contributed by atoms with Crippen molar-refractivity contribution in [1.82, 2.24) is 0 Å². The lowest BCUT2D eigenvalue weighted by molar-refractivity contribution is 0.590. The van der Waals surface area contributed by atoms with Crippen LogP contribution in [0.2, 0.25) is 0 Å². The minimum absolute atomic E-state index is 0.169. The summed E-state index contributed by atoms with van der Waals surface area (Å²) in [4.78, 5) is 0. The summed E-state index contributed by atoms with van der Waals surface area (Å²) in [5.41, 5.74) is 10.6. The molecule has 2 aromatic carbocycles. The first-order valence-corrected chi connectivity index (χ1v) is 8.28. The molecule has 0 radical (unpaired) electrons. The molecule has 0 aromatic heterocycles. The normalized spacial score (nSPS) is 11.5. The highest BCUT2D eigenvalue weighted by Gasteiger charge is 2.13. The number of aryl methyl sites for hydroxylation is 1. The van der Waals surface area contributed by atoms with Crippen molar-refractivity contribution in [3.8, 4) is 11.1 Å². The number of nitrogens with two attached hydrogens (primary N) is 1. The summed E-state index contributed by atoms with van der Waals surface area (Å²) < 4.78 is 1.06. The molecule has 3 N–H and O–H groups in total. The molecule has 0 aliphatic carbocycles. The molecule has 0 saturated heterocycles. The molecule has 0 atom stereocenters. The van der Waals surface area contributed by atoms with Crippen LogP contribution in [0.15, 0.2) is 46.9 Å². The number of rotatable bonds is 4. The smallest absolute Gasteiger partial charge is 0.0908 e. The fraction of sp³-hybridized carbons (Fsp3) is 0.316. The van der Waals surface area contributed by atoms with Crippen molar-refractivity contribution < 1.29 is 0 Å². The van der Waals surface area contributed by atoms with Gasteiger partial charge >= 0.3 is 0 Å². The molecule has 0 amide bonds. The van der Waals surface area contributed by atoms with Gasteiger partial charge in [0.1, 0.15) is 0 Å². The standard InChI is InChI=1S/C19H23BrN2/c1-19(2,3)16-7-5-14(6-8-16)15-10-13(4-9-18(21)22)11-17(20)12-15/h5-8,10-12H,4,9H2,1-3H3,(H3,21,22). The lowest BCUT2D eigenvalue weighted by Gasteiger charge is -2.19. The van der Waals surface area contributed by atoms with Crippen LogP contribution in [-0.4, -0.2) is 5.84 Å². The average molecular weight is 359 g/mol. The number of hydrogen-bond donors (Lipinski definition) is 2. The number of amidine groups is 1. The summed E-state index contributed by atoms with van der Waals surface area (Å²) in [5.74, 6) is 0.232. The third-order valence-electron chi connectivity index (χ3n) is 3.72. The first kappa shape index (κ1) is 16.8. The second-order valence-electron chi connectivity index (χ2n) is 6.70. The molecule has 0 heterocycles. The van der Waals surface area contributed by atoms with Gasteiger partial charge in [-0.15, -0.1) is 0 Å². The third-order valence-corrected chi connectivity index (χ3v) is 4.18. The van der Waals surface area contributed by atoms with E-state index in [1.54, 1.807) is 0 Å². The Morgan fingerprint density at radius 2 is 1.68 bits per heavy atom. The molecule has 3 heteroatoms. The highest BCUT2D eigenvalue weighted by Crippen LogP contribution is 2.29. The van der Waals surface area contributed by atoms with Crippen molar-refractivity contribution in [2.45, 2.75) is 39.0 Å². The molecule has 2 rings (SSSR count). The monoisotopic (exact) mass is 358 g/mol. The van der Waals surface area contributed by atoms with Crippen LogP contribution in [0, 0.1) is 5.41 Å². The van der Waals surface area contributed by atoms with Gasteiger partial charge in [0.05, 0.1) is 5.84 Å². The SMILES string of the molecule is CC(C)(C)c1ccc(-c2cc(Br)cc(CCC(=N)N)c2)cc1. The van der Waals surface area contributed by atoms with Gasteiger partial charge in [0.15, 0.2) is 0 Å². The summed E-state index contributed by atoms with van der Waals surface area (Å²) in [6, 6.07) is 15.2. The average Bonchev–Trinajstić information content (AvgIpc) is 2.44. The summed E-state index contributed by atoms with van der Waals surface area (Å²) in [6.45, 7) is 6.67. The van der Waals surface area contributed by atoms with Crippen LogP contribution >= 0.6 is 15.9 Å². The van der Waals surface area contributed by atoms with Crippen LogP contribution in [0.25, 0.3) is 11.1 Å². The Morgan fingerprint density at radius 3 is 2.23 bits per heavy atom. The van der Waals surface area contributed by atoms with Gasteiger partial charge in [0.25, 0.3) is 0 Å². The minimum Gasteiger partial charge on any atom is -0.388 e. The lowest BCUT2D eigenvalue weighted by atomic mass is 9.86. The predicted molar refractivity (Wildman–Crippen MR) is 98.5 cm³/mol. The molecule has 0 fully saturated rings. The molecular weight excluding hydrogens is 336 g/mol. The fourth-order valence-corrected chi connectivity index (χ4v) is 2.94. The summed E-state index contributed by atoms with van der Waals surface area (Å²) in [7, 11) is 0. The van der Waals surface area contributed by atoms with Crippen molar-refractivity contribution >= 4 is 21.8 Å². The van der Waals surface area contributed by atoms with Crippen molar-refractivity contribution in [2.24, 2.45) is 5.73 Å². The highest BCUT2D eigenvalue weighted by atomic mass is 79.9. The molecule has 0 unspecified atom stereocenters. The van der Waals surface area contributed by atoms with Crippen molar-refractivity contribution in [2.75, 3.05) is 0 Å². The van der Waals surface area contributed by atoms with E-state index in [9.17, 15) is 0 Å². The van der Waals surface area contributed by atoms with E-state index in [0.717, 1.165) is 10.9 Å². The van der Waals surface area contributed by atoms with Gasteiger partial charge < -0.3 is 5.73 Å². The van der Waals surface area contributed by atoms with E-state index in [1.807, 2.05) is 0 Å². The zero-order chi connectivity index (χ0) is 16.3. The molecule has 0 saturated carbocycles. The Balaban J connectivity index is 2.30. The minimum atomic E-state index is 0.169.